The quantitative estimate of drug-likeness (QED) is 0.852. The molecule has 0 aromatic heterocycles. The fourth-order valence-corrected chi connectivity index (χ4v) is 3.24. The molecule has 0 spiro atoms. The molecule has 1 saturated heterocycles. The van der Waals surface area contributed by atoms with Crippen molar-refractivity contribution < 1.29 is 14.3 Å². The lowest BCUT2D eigenvalue weighted by molar-refractivity contribution is -0.112. The molecule has 0 saturated carbocycles. The van der Waals surface area contributed by atoms with E-state index in [1.165, 1.54) is 0 Å². The third-order valence-corrected chi connectivity index (χ3v) is 4.62. The van der Waals surface area contributed by atoms with Crippen LogP contribution >= 0.6 is 11.6 Å². The number of Topliss-reactive ketones (excluding diaryl/α,β-unsaturated/α-hetero) is 1. The maximum absolute atomic E-state index is 11.7. The Bertz CT molecular complexity index is 617. The minimum atomic E-state index is -0.597. The first-order valence-electron chi connectivity index (χ1n) is 6.98. The summed E-state index contributed by atoms with van der Waals surface area (Å²) in [6.07, 6.45) is 1.16. The molecule has 21 heavy (non-hydrogen) atoms. The second-order valence-corrected chi connectivity index (χ2v) is 6.03. The van der Waals surface area contributed by atoms with Crippen molar-refractivity contribution >= 4 is 34.7 Å². The number of nitrogens with zero attached hydrogens (tertiary/aromatic N) is 1. The van der Waals surface area contributed by atoms with Crippen LogP contribution in [0.25, 0.3) is 0 Å². The van der Waals surface area contributed by atoms with Crippen LogP contribution in [0.3, 0.4) is 0 Å². The largest absolute Gasteiger partial charge is 0.379 e. The Morgan fingerprint density at radius 2 is 2.14 bits per heavy atom. The number of amides is 1. The van der Waals surface area contributed by atoms with Crippen LogP contribution in [-0.4, -0.2) is 38.0 Å². The van der Waals surface area contributed by atoms with E-state index < -0.39 is 11.7 Å². The molecule has 2 heterocycles. The van der Waals surface area contributed by atoms with Crippen LogP contribution in [0, 0.1) is 5.92 Å². The van der Waals surface area contributed by atoms with Crippen molar-refractivity contribution in [3.8, 4) is 0 Å². The Kier molecular flexibility index (Phi) is 3.63. The van der Waals surface area contributed by atoms with Crippen LogP contribution in [0.1, 0.15) is 23.7 Å². The van der Waals surface area contributed by atoms with Crippen LogP contribution in [0.2, 0.25) is 5.02 Å². The number of ketones is 1. The molecule has 2 unspecified atom stereocenters. The molecule has 6 heteroatoms. The highest BCUT2D eigenvalue weighted by molar-refractivity contribution is 6.52. The average molecular weight is 309 g/mol. The van der Waals surface area contributed by atoms with E-state index >= 15 is 0 Å². The number of anilines is 2. The number of benzene rings is 1. The van der Waals surface area contributed by atoms with Crippen LogP contribution in [-0.2, 0) is 9.53 Å². The summed E-state index contributed by atoms with van der Waals surface area (Å²) < 4.78 is 5.51. The lowest BCUT2D eigenvalue weighted by Crippen LogP contribution is -2.44. The van der Waals surface area contributed by atoms with E-state index in [9.17, 15) is 9.59 Å². The number of rotatable bonds is 2. The minimum absolute atomic E-state index is 0.152. The van der Waals surface area contributed by atoms with E-state index in [-0.39, 0.29) is 6.10 Å². The normalized spacial score (nSPS) is 25.0. The van der Waals surface area contributed by atoms with E-state index in [1.54, 1.807) is 19.2 Å². The summed E-state index contributed by atoms with van der Waals surface area (Å²) in [5.41, 5.74) is 1.72. The Morgan fingerprint density at radius 1 is 1.38 bits per heavy atom. The van der Waals surface area contributed by atoms with Crippen LogP contribution < -0.4 is 10.2 Å². The van der Waals surface area contributed by atoms with Gasteiger partial charge in [0.15, 0.2) is 0 Å². The first-order chi connectivity index (χ1) is 10.0. The molecule has 1 N–H and O–H groups in total. The summed E-state index contributed by atoms with van der Waals surface area (Å²) in [6.45, 7) is 3.80. The molecule has 1 fully saturated rings. The summed E-state index contributed by atoms with van der Waals surface area (Å²) in [5.74, 6) is -0.624. The highest BCUT2D eigenvalue weighted by Gasteiger charge is 2.32. The maximum Gasteiger partial charge on any atom is 0.296 e. The van der Waals surface area contributed by atoms with Gasteiger partial charge in [0.1, 0.15) is 0 Å². The topological polar surface area (TPSA) is 58.6 Å². The lowest BCUT2D eigenvalue weighted by Gasteiger charge is -2.38. The summed E-state index contributed by atoms with van der Waals surface area (Å²) in [6, 6.07) is 3.36. The standard InChI is InChI=1S/C15H17ClN2O3/c1-8-3-4-18(7-13(8)21-2)12-6-11-9(5-10(12)16)14(19)15(20)17-11/h5-6,8,13H,3-4,7H2,1-2H3,(H,17,19,20). The molecule has 5 nitrogen and oxygen atoms in total. The summed E-state index contributed by atoms with van der Waals surface area (Å²) in [4.78, 5) is 25.3. The van der Waals surface area contributed by atoms with Gasteiger partial charge in [-0.2, -0.15) is 0 Å². The number of hydrogen-bond donors (Lipinski definition) is 1. The van der Waals surface area contributed by atoms with Gasteiger partial charge in [-0.15, -0.1) is 0 Å². The predicted molar refractivity (Wildman–Crippen MR) is 81.2 cm³/mol. The SMILES string of the molecule is COC1CN(c2cc3c(cc2Cl)C(=O)C(=O)N3)CCC1C. The highest BCUT2D eigenvalue weighted by Crippen LogP contribution is 2.37. The van der Waals surface area contributed by atoms with Gasteiger partial charge in [-0.3, -0.25) is 9.59 Å². The van der Waals surface area contributed by atoms with E-state index in [0.717, 1.165) is 25.2 Å². The number of ether oxygens (including phenoxy) is 1. The molecule has 112 valence electrons. The molecule has 1 amide bonds. The van der Waals surface area contributed by atoms with Gasteiger partial charge in [0, 0.05) is 20.2 Å². The minimum Gasteiger partial charge on any atom is -0.379 e. The zero-order valence-electron chi connectivity index (χ0n) is 12.0. The highest BCUT2D eigenvalue weighted by atomic mass is 35.5. The van der Waals surface area contributed by atoms with Gasteiger partial charge >= 0.3 is 0 Å². The number of carbonyl (C=O) groups is 2. The number of methoxy groups -OCH3 is 1. The average Bonchev–Trinajstić information content (AvgIpc) is 2.74. The number of carbonyl (C=O) groups excluding carboxylic acids is 2. The molecule has 3 rings (SSSR count). The van der Waals surface area contributed by atoms with Gasteiger partial charge in [-0.25, -0.2) is 0 Å². The third-order valence-electron chi connectivity index (χ3n) is 4.32. The van der Waals surface area contributed by atoms with Crippen molar-refractivity contribution in [3.05, 3.63) is 22.7 Å². The van der Waals surface area contributed by atoms with Crippen molar-refractivity contribution in [1.82, 2.24) is 0 Å². The fraction of sp³-hybridized carbons (Fsp3) is 0.467. The Morgan fingerprint density at radius 3 is 2.86 bits per heavy atom. The van der Waals surface area contributed by atoms with Gasteiger partial charge < -0.3 is 15.0 Å². The zero-order chi connectivity index (χ0) is 15.1. The zero-order valence-corrected chi connectivity index (χ0v) is 12.7. The predicted octanol–water partition coefficient (Wildman–Crippen LogP) is 2.34. The molecule has 2 atom stereocenters. The number of fused-ring (bicyclic) bond motifs is 1. The second-order valence-electron chi connectivity index (χ2n) is 5.62. The number of hydrogen-bond acceptors (Lipinski definition) is 4. The smallest absolute Gasteiger partial charge is 0.296 e. The van der Waals surface area contributed by atoms with E-state index in [0.29, 0.717) is 22.2 Å². The first kappa shape index (κ1) is 14.4. The van der Waals surface area contributed by atoms with E-state index in [2.05, 4.69) is 17.1 Å². The lowest BCUT2D eigenvalue weighted by atomic mass is 9.95. The van der Waals surface area contributed by atoms with Crippen molar-refractivity contribution in [2.24, 2.45) is 5.92 Å². The van der Waals surface area contributed by atoms with Gasteiger partial charge in [0.05, 0.1) is 28.1 Å². The summed E-state index contributed by atoms with van der Waals surface area (Å²) >= 11 is 6.31. The molecular formula is C15H17ClN2O3. The Hall–Kier alpha value is -1.59. The Labute approximate surface area is 128 Å². The monoisotopic (exact) mass is 308 g/mol. The van der Waals surface area contributed by atoms with Crippen molar-refractivity contribution in [3.63, 3.8) is 0 Å². The van der Waals surface area contributed by atoms with Gasteiger partial charge in [-0.05, 0) is 24.5 Å². The van der Waals surface area contributed by atoms with Crippen molar-refractivity contribution in [1.29, 1.82) is 0 Å². The number of halogens is 1. The molecule has 1 aromatic rings. The van der Waals surface area contributed by atoms with Gasteiger partial charge in [0.2, 0.25) is 0 Å². The molecular weight excluding hydrogens is 292 g/mol. The van der Waals surface area contributed by atoms with Gasteiger partial charge in [0.25, 0.3) is 11.7 Å². The van der Waals surface area contributed by atoms with E-state index in [1.807, 2.05) is 0 Å². The Balaban J connectivity index is 1.92. The van der Waals surface area contributed by atoms with Crippen LogP contribution in [0.5, 0.6) is 0 Å². The van der Waals surface area contributed by atoms with Crippen molar-refractivity contribution in [2.45, 2.75) is 19.4 Å². The molecule has 1 aromatic carbocycles. The number of piperidine rings is 1. The first-order valence-corrected chi connectivity index (χ1v) is 7.36. The third kappa shape index (κ3) is 2.40. The van der Waals surface area contributed by atoms with Crippen LogP contribution in [0.15, 0.2) is 12.1 Å². The molecule has 2 aliphatic rings. The fourth-order valence-electron chi connectivity index (χ4n) is 2.96. The maximum atomic E-state index is 11.7. The van der Waals surface area contributed by atoms with E-state index in [4.69, 9.17) is 16.3 Å². The molecule has 0 aliphatic carbocycles. The molecule has 0 bridgehead atoms. The summed E-state index contributed by atoms with van der Waals surface area (Å²) in [5, 5.41) is 3.07. The van der Waals surface area contributed by atoms with Gasteiger partial charge in [-0.1, -0.05) is 18.5 Å². The molecule has 2 aliphatic heterocycles. The number of nitrogens with one attached hydrogen (secondary N) is 1. The molecule has 0 radical (unpaired) electrons. The summed E-state index contributed by atoms with van der Waals surface area (Å²) in [7, 11) is 1.72. The second kappa shape index (κ2) is 5.31. The van der Waals surface area contributed by atoms with Crippen molar-refractivity contribution in [2.75, 3.05) is 30.4 Å². The van der Waals surface area contributed by atoms with Crippen LogP contribution in [0.4, 0.5) is 11.4 Å².